The largest absolute Gasteiger partial charge is 0.493 e. The molecule has 1 fully saturated rings. The van der Waals surface area contributed by atoms with E-state index in [1.807, 2.05) is 18.2 Å². The number of amides is 1. The van der Waals surface area contributed by atoms with Gasteiger partial charge in [0.15, 0.2) is 17.5 Å². The molecule has 1 aliphatic rings. The van der Waals surface area contributed by atoms with Crippen molar-refractivity contribution in [2.45, 2.75) is 38.3 Å². The molecule has 3 N–H and O–H groups in total. The van der Waals surface area contributed by atoms with Crippen molar-refractivity contribution in [2.75, 3.05) is 41.0 Å². The van der Waals surface area contributed by atoms with Gasteiger partial charge in [-0.1, -0.05) is 12.1 Å². The highest BCUT2D eigenvalue weighted by molar-refractivity contribution is 14.0. The molecule has 1 aromatic carbocycles. The molecule has 0 aliphatic heterocycles. The van der Waals surface area contributed by atoms with Crippen LogP contribution in [-0.4, -0.2) is 58.9 Å². The normalized spacial score (nSPS) is 14.1. The summed E-state index contributed by atoms with van der Waals surface area (Å²) in [6.07, 6.45) is 4.80. The average Bonchev–Trinajstić information content (AvgIpc) is 3.22. The van der Waals surface area contributed by atoms with Crippen LogP contribution in [0.1, 0.15) is 31.2 Å². The van der Waals surface area contributed by atoms with Crippen molar-refractivity contribution in [1.82, 2.24) is 16.0 Å². The molecule has 9 heteroatoms. The first-order chi connectivity index (χ1) is 13.7. The van der Waals surface area contributed by atoms with E-state index in [2.05, 4.69) is 20.9 Å². The fraction of sp³-hybridized carbons (Fsp3) is 0.600. The first-order valence-corrected chi connectivity index (χ1v) is 9.70. The molecule has 0 heterocycles. The number of hydrogen-bond donors (Lipinski definition) is 3. The molecular weight excluding hydrogens is 487 g/mol. The van der Waals surface area contributed by atoms with E-state index in [1.54, 1.807) is 21.3 Å². The molecule has 0 atom stereocenters. The number of benzene rings is 1. The number of rotatable bonds is 10. The van der Waals surface area contributed by atoms with Crippen LogP contribution in [-0.2, 0) is 16.1 Å². The average molecular weight is 520 g/mol. The van der Waals surface area contributed by atoms with Crippen molar-refractivity contribution in [3.63, 3.8) is 0 Å². The van der Waals surface area contributed by atoms with Crippen LogP contribution in [0.25, 0.3) is 0 Å². The lowest BCUT2D eigenvalue weighted by Crippen LogP contribution is -2.43. The SMILES string of the molecule is CN=C(NCC(=O)NCCOC)NCc1cccc(OC)c1OC1CCCC1.I. The second kappa shape index (κ2) is 14.3. The highest BCUT2D eigenvalue weighted by Gasteiger charge is 2.20. The standard InChI is InChI=1S/C20H32N4O4.HI/c1-21-20(24-14-18(25)22-11-12-26-2)23-13-15-7-6-10-17(27-3)19(15)28-16-8-4-5-9-16;/h6-7,10,16H,4-5,8-9,11-14H2,1-3H3,(H,22,25)(H2,21,23,24);1H. The molecular formula is C20H33IN4O4. The van der Waals surface area contributed by atoms with Crippen LogP contribution in [0.15, 0.2) is 23.2 Å². The number of halogens is 1. The molecule has 0 radical (unpaired) electrons. The number of carbonyl (C=O) groups is 1. The molecule has 8 nitrogen and oxygen atoms in total. The molecule has 2 rings (SSSR count). The van der Waals surface area contributed by atoms with Gasteiger partial charge in [-0.05, 0) is 31.7 Å². The minimum absolute atomic E-state index is 0. The molecule has 1 aliphatic carbocycles. The lowest BCUT2D eigenvalue weighted by Gasteiger charge is -2.20. The summed E-state index contributed by atoms with van der Waals surface area (Å²) in [5.74, 6) is 1.92. The third-order valence-electron chi connectivity index (χ3n) is 4.58. The number of hydrogen-bond acceptors (Lipinski definition) is 5. The van der Waals surface area contributed by atoms with Gasteiger partial charge >= 0.3 is 0 Å². The van der Waals surface area contributed by atoms with Crippen LogP contribution in [0.5, 0.6) is 11.5 Å². The molecule has 29 heavy (non-hydrogen) atoms. The third-order valence-corrected chi connectivity index (χ3v) is 4.58. The van der Waals surface area contributed by atoms with Crippen molar-refractivity contribution < 1.29 is 19.0 Å². The maximum atomic E-state index is 11.8. The fourth-order valence-electron chi connectivity index (χ4n) is 3.09. The topological polar surface area (TPSA) is 93.2 Å². The van der Waals surface area contributed by atoms with Crippen LogP contribution < -0.4 is 25.4 Å². The molecule has 0 saturated heterocycles. The van der Waals surface area contributed by atoms with E-state index in [0.29, 0.717) is 25.7 Å². The van der Waals surface area contributed by atoms with E-state index in [4.69, 9.17) is 14.2 Å². The van der Waals surface area contributed by atoms with Crippen molar-refractivity contribution in [1.29, 1.82) is 0 Å². The van der Waals surface area contributed by atoms with Gasteiger partial charge < -0.3 is 30.2 Å². The summed E-state index contributed by atoms with van der Waals surface area (Å²) in [7, 11) is 4.91. The Kier molecular flexibility index (Phi) is 12.4. The number of ether oxygens (including phenoxy) is 3. The van der Waals surface area contributed by atoms with Gasteiger partial charge in [-0.2, -0.15) is 0 Å². The second-order valence-corrected chi connectivity index (χ2v) is 6.59. The molecule has 0 bridgehead atoms. The van der Waals surface area contributed by atoms with Crippen LogP contribution in [0.4, 0.5) is 0 Å². The van der Waals surface area contributed by atoms with Gasteiger partial charge in [0.05, 0.1) is 26.4 Å². The number of methoxy groups -OCH3 is 2. The van der Waals surface area contributed by atoms with E-state index < -0.39 is 0 Å². The Bertz CT molecular complexity index is 651. The Labute approximate surface area is 190 Å². The summed E-state index contributed by atoms with van der Waals surface area (Å²) in [6, 6.07) is 5.85. The lowest BCUT2D eigenvalue weighted by molar-refractivity contribution is -0.120. The molecule has 0 spiro atoms. The van der Waals surface area contributed by atoms with Crippen molar-refractivity contribution in [3.05, 3.63) is 23.8 Å². The number of para-hydroxylation sites is 1. The first-order valence-electron chi connectivity index (χ1n) is 9.70. The van der Waals surface area contributed by atoms with Crippen LogP contribution in [0, 0.1) is 0 Å². The zero-order valence-corrected chi connectivity index (χ0v) is 19.8. The van der Waals surface area contributed by atoms with Gasteiger partial charge in [0.1, 0.15) is 0 Å². The Balaban J connectivity index is 0.00000420. The quantitative estimate of drug-likeness (QED) is 0.189. The van der Waals surface area contributed by atoms with Crippen LogP contribution >= 0.6 is 24.0 Å². The van der Waals surface area contributed by atoms with Crippen LogP contribution in [0.2, 0.25) is 0 Å². The van der Waals surface area contributed by atoms with Gasteiger partial charge in [-0.25, -0.2) is 0 Å². The third kappa shape index (κ3) is 8.65. The number of nitrogens with zero attached hydrogens (tertiary/aromatic N) is 1. The maximum Gasteiger partial charge on any atom is 0.239 e. The van der Waals surface area contributed by atoms with Crippen molar-refractivity contribution in [2.24, 2.45) is 4.99 Å². The first kappa shape index (κ1) is 25.3. The molecule has 164 valence electrons. The number of aliphatic imine (C=N–C) groups is 1. The zero-order chi connectivity index (χ0) is 20.2. The Morgan fingerprint density at radius 1 is 1.17 bits per heavy atom. The molecule has 0 aromatic heterocycles. The van der Waals surface area contributed by atoms with E-state index >= 15 is 0 Å². The summed E-state index contributed by atoms with van der Waals surface area (Å²) >= 11 is 0. The molecule has 1 aromatic rings. The number of nitrogens with one attached hydrogen (secondary N) is 3. The van der Waals surface area contributed by atoms with Gasteiger partial charge in [0.2, 0.25) is 5.91 Å². The molecule has 0 unspecified atom stereocenters. The minimum Gasteiger partial charge on any atom is -0.493 e. The van der Waals surface area contributed by atoms with E-state index in [9.17, 15) is 4.79 Å². The highest BCUT2D eigenvalue weighted by atomic mass is 127. The second-order valence-electron chi connectivity index (χ2n) is 6.59. The Morgan fingerprint density at radius 2 is 1.93 bits per heavy atom. The summed E-state index contributed by atoms with van der Waals surface area (Å²) in [6.45, 7) is 1.60. The molecule has 1 saturated carbocycles. The van der Waals surface area contributed by atoms with E-state index in [-0.39, 0.29) is 42.5 Å². The summed E-state index contributed by atoms with van der Waals surface area (Å²) in [5.41, 5.74) is 0.985. The fourth-order valence-corrected chi connectivity index (χ4v) is 3.09. The van der Waals surface area contributed by atoms with Crippen LogP contribution in [0.3, 0.4) is 0 Å². The Morgan fingerprint density at radius 3 is 2.59 bits per heavy atom. The summed E-state index contributed by atoms with van der Waals surface area (Å²) in [4.78, 5) is 16.0. The predicted octanol–water partition coefficient (Wildman–Crippen LogP) is 2.06. The highest BCUT2D eigenvalue weighted by Crippen LogP contribution is 2.34. The summed E-state index contributed by atoms with van der Waals surface area (Å²) < 4.78 is 16.7. The van der Waals surface area contributed by atoms with Crippen molar-refractivity contribution >= 4 is 35.8 Å². The zero-order valence-electron chi connectivity index (χ0n) is 17.5. The smallest absolute Gasteiger partial charge is 0.239 e. The minimum atomic E-state index is -0.119. The monoisotopic (exact) mass is 520 g/mol. The molecule has 1 amide bonds. The van der Waals surface area contributed by atoms with E-state index in [1.165, 1.54) is 12.8 Å². The Hall–Kier alpha value is -1.75. The van der Waals surface area contributed by atoms with E-state index in [0.717, 1.165) is 29.9 Å². The van der Waals surface area contributed by atoms with Gasteiger partial charge in [-0.15, -0.1) is 24.0 Å². The maximum absolute atomic E-state index is 11.8. The van der Waals surface area contributed by atoms with Gasteiger partial charge in [-0.3, -0.25) is 9.79 Å². The van der Waals surface area contributed by atoms with Crippen molar-refractivity contribution in [3.8, 4) is 11.5 Å². The van der Waals surface area contributed by atoms with Gasteiger partial charge in [0.25, 0.3) is 0 Å². The number of carbonyl (C=O) groups excluding carboxylic acids is 1. The predicted molar refractivity (Wildman–Crippen MR) is 124 cm³/mol. The lowest BCUT2D eigenvalue weighted by atomic mass is 10.1. The number of guanidine groups is 1. The van der Waals surface area contributed by atoms with Gasteiger partial charge in [0, 0.05) is 32.8 Å². The summed E-state index contributed by atoms with van der Waals surface area (Å²) in [5, 5.41) is 8.98.